The van der Waals surface area contributed by atoms with Gasteiger partial charge in [-0.25, -0.2) is 0 Å². The van der Waals surface area contributed by atoms with E-state index >= 15 is 0 Å². The molecule has 0 aliphatic carbocycles. The molecule has 0 aliphatic heterocycles. The maximum Gasteiger partial charge on any atom is 0.248 e. The molecule has 0 aliphatic rings. The van der Waals surface area contributed by atoms with Gasteiger partial charge in [-0.3, -0.25) is 9.59 Å². The Bertz CT molecular complexity index is 784. The summed E-state index contributed by atoms with van der Waals surface area (Å²) in [6, 6.07) is 14.1. The van der Waals surface area contributed by atoms with Gasteiger partial charge in [0.25, 0.3) is 0 Å². The summed E-state index contributed by atoms with van der Waals surface area (Å²) in [4.78, 5) is 22.9. The maximum absolute atomic E-state index is 11.9. The second-order valence-electron chi connectivity index (χ2n) is 5.27. The zero-order valence-electron chi connectivity index (χ0n) is 14.0. The van der Waals surface area contributed by atoms with Gasteiger partial charge in [0.05, 0.1) is 19.6 Å². The van der Waals surface area contributed by atoms with Gasteiger partial charge in [0, 0.05) is 11.1 Å². The lowest BCUT2D eigenvalue weighted by molar-refractivity contribution is -0.120. The minimum absolute atomic E-state index is 0.0949. The van der Waals surface area contributed by atoms with Crippen molar-refractivity contribution in [1.82, 2.24) is 5.32 Å². The SMILES string of the molecule is CCOc1ccc(CC(=O)NCC#Cc2ccc(C(N)=O)cc2)cc1. The van der Waals surface area contributed by atoms with Gasteiger partial charge in [-0.05, 0) is 48.9 Å². The molecular formula is C20H20N2O3. The van der Waals surface area contributed by atoms with E-state index in [0.717, 1.165) is 16.9 Å². The number of amides is 2. The van der Waals surface area contributed by atoms with E-state index in [1.54, 1.807) is 24.3 Å². The Morgan fingerprint density at radius 3 is 2.36 bits per heavy atom. The summed E-state index contributed by atoms with van der Waals surface area (Å²) in [5, 5.41) is 2.75. The van der Waals surface area contributed by atoms with E-state index in [1.807, 2.05) is 31.2 Å². The third-order valence-corrected chi connectivity index (χ3v) is 3.38. The van der Waals surface area contributed by atoms with E-state index in [2.05, 4.69) is 17.2 Å². The first-order valence-electron chi connectivity index (χ1n) is 7.95. The van der Waals surface area contributed by atoms with Crippen LogP contribution in [0.2, 0.25) is 0 Å². The van der Waals surface area contributed by atoms with Gasteiger partial charge < -0.3 is 15.8 Å². The van der Waals surface area contributed by atoms with Gasteiger partial charge in [0.2, 0.25) is 11.8 Å². The van der Waals surface area contributed by atoms with Crippen LogP contribution in [0.3, 0.4) is 0 Å². The van der Waals surface area contributed by atoms with Crippen molar-refractivity contribution in [2.75, 3.05) is 13.2 Å². The van der Waals surface area contributed by atoms with E-state index in [0.29, 0.717) is 18.6 Å². The van der Waals surface area contributed by atoms with Crippen molar-refractivity contribution in [1.29, 1.82) is 0 Å². The first-order chi connectivity index (χ1) is 12.1. The van der Waals surface area contributed by atoms with Crippen molar-refractivity contribution in [3.8, 4) is 17.6 Å². The topological polar surface area (TPSA) is 81.4 Å². The monoisotopic (exact) mass is 336 g/mol. The summed E-state index contributed by atoms with van der Waals surface area (Å²) in [7, 11) is 0. The smallest absolute Gasteiger partial charge is 0.248 e. The number of hydrogen-bond donors (Lipinski definition) is 2. The molecular weight excluding hydrogens is 316 g/mol. The Labute approximate surface area is 147 Å². The molecule has 0 atom stereocenters. The molecule has 128 valence electrons. The van der Waals surface area contributed by atoms with Gasteiger partial charge in [0.15, 0.2) is 0 Å². The Morgan fingerprint density at radius 2 is 1.76 bits per heavy atom. The van der Waals surface area contributed by atoms with Crippen LogP contribution in [-0.2, 0) is 11.2 Å². The molecule has 5 heteroatoms. The third-order valence-electron chi connectivity index (χ3n) is 3.38. The Kier molecular flexibility index (Phi) is 6.61. The third kappa shape index (κ3) is 6.04. The fourth-order valence-corrected chi connectivity index (χ4v) is 2.12. The molecule has 2 rings (SSSR count). The highest BCUT2D eigenvalue weighted by molar-refractivity contribution is 5.92. The van der Waals surface area contributed by atoms with Crippen LogP contribution in [0.4, 0.5) is 0 Å². The normalized spacial score (nSPS) is 9.64. The van der Waals surface area contributed by atoms with Crippen molar-refractivity contribution in [2.45, 2.75) is 13.3 Å². The predicted octanol–water partition coefficient (Wildman–Crippen LogP) is 1.89. The molecule has 3 N–H and O–H groups in total. The van der Waals surface area contributed by atoms with Crippen molar-refractivity contribution in [3.63, 3.8) is 0 Å². The lowest BCUT2D eigenvalue weighted by Crippen LogP contribution is -2.25. The fraction of sp³-hybridized carbons (Fsp3) is 0.200. The molecule has 0 radical (unpaired) electrons. The Balaban J connectivity index is 1.79. The first kappa shape index (κ1) is 18.1. The van der Waals surface area contributed by atoms with Crippen molar-refractivity contribution < 1.29 is 14.3 Å². The number of rotatable bonds is 6. The van der Waals surface area contributed by atoms with Crippen LogP contribution in [0.15, 0.2) is 48.5 Å². The Hall–Kier alpha value is -3.26. The van der Waals surface area contributed by atoms with E-state index in [9.17, 15) is 9.59 Å². The van der Waals surface area contributed by atoms with Gasteiger partial charge in [0.1, 0.15) is 5.75 Å². The number of hydrogen-bond acceptors (Lipinski definition) is 3. The minimum Gasteiger partial charge on any atom is -0.494 e. The second-order valence-corrected chi connectivity index (χ2v) is 5.27. The van der Waals surface area contributed by atoms with Crippen LogP contribution in [0.1, 0.15) is 28.4 Å². The molecule has 0 spiro atoms. The Morgan fingerprint density at radius 1 is 1.08 bits per heavy atom. The summed E-state index contributed by atoms with van der Waals surface area (Å²) < 4.78 is 5.36. The van der Waals surface area contributed by atoms with Crippen LogP contribution in [0, 0.1) is 11.8 Å². The molecule has 25 heavy (non-hydrogen) atoms. The molecule has 0 saturated carbocycles. The number of nitrogens with two attached hydrogens (primary N) is 1. The summed E-state index contributed by atoms with van der Waals surface area (Å²) >= 11 is 0. The summed E-state index contributed by atoms with van der Waals surface area (Å²) in [6.45, 7) is 2.80. The maximum atomic E-state index is 11.9. The molecule has 2 aromatic carbocycles. The van der Waals surface area contributed by atoms with Crippen LogP contribution < -0.4 is 15.8 Å². The van der Waals surface area contributed by atoms with Gasteiger partial charge in [-0.15, -0.1) is 0 Å². The molecule has 2 aromatic rings. The largest absolute Gasteiger partial charge is 0.494 e. The highest BCUT2D eigenvalue weighted by atomic mass is 16.5. The number of carbonyl (C=O) groups is 2. The highest BCUT2D eigenvalue weighted by Crippen LogP contribution is 2.12. The van der Waals surface area contributed by atoms with E-state index < -0.39 is 5.91 Å². The van der Waals surface area contributed by atoms with Crippen LogP contribution in [0.25, 0.3) is 0 Å². The lowest BCUT2D eigenvalue weighted by atomic mass is 10.1. The van der Waals surface area contributed by atoms with Crippen molar-refractivity contribution in [2.24, 2.45) is 5.73 Å². The number of nitrogens with one attached hydrogen (secondary N) is 1. The lowest BCUT2D eigenvalue weighted by Gasteiger charge is -2.05. The molecule has 0 saturated heterocycles. The average molecular weight is 336 g/mol. The summed E-state index contributed by atoms with van der Waals surface area (Å²) in [5.74, 6) is 6.02. The van der Waals surface area contributed by atoms with Crippen LogP contribution in [0.5, 0.6) is 5.75 Å². The van der Waals surface area contributed by atoms with E-state index in [4.69, 9.17) is 10.5 Å². The molecule has 0 bridgehead atoms. The summed E-state index contributed by atoms with van der Waals surface area (Å²) in [6.07, 6.45) is 0.293. The number of carbonyl (C=O) groups excluding carboxylic acids is 2. The summed E-state index contributed by atoms with van der Waals surface area (Å²) in [5.41, 5.74) is 7.28. The quantitative estimate of drug-likeness (QED) is 0.791. The van der Waals surface area contributed by atoms with Gasteiger partial charge in [-0.1, -0.05) is 24.0 Å². The van der Waals surface area contributed by atoms with E-state index in [-0.39, 0.29) is 12.5 Å². The number of primary amides is 1. The molecule has 5 nitrogen and oxygen atoms in total. The first-order valence-corrected chi connectivity index (χ1v) is 7.95. The van der Waals surface area contributed by atoms with Gasteiger partial charge in [-0.2, -0.15) is 0 Å². The molecule has 2 amide bonds. The molecule has 0 aromatic heterocycles. The highest BCUT2D eigenvalue weighted by Gasteiger charge is 2.02. The molecule has 0 unspecified atom stereocenters. The van der Waals surface area contributed by atoms with Crippen LogP contribution >= 0.6 is 0 Å². The second kappa shape index (κ2) is 9.14. The zero-order chi connectivity index (χ0) is 18.1. The predicted molar refractivity (Wildman–Crippen MR) is 96.2 cm³/mol. The molecule has 0 fully saturated rings. The molecule has 0 heterocycles. The van der Waals surface area contributed by atoms with Crippen molar-refractivity contribution in [3.05, 3.63) is 65.2 Å². The van der Waals surface area contributed by atoms with Gasteiger partial charge >= 0.3 is 0 Å². The number of benzene rings is 2. The van der Waals surface area contributed by atoms with E-state index in [1.165, 1.54) is 0 Å². The number of ether oxygens (including phenoxy) is 1. The minimum atomic E-state index is -0.471. The zero-order valence-corrected chi connectivity index (χ0v) is 14.0. The fourth-order valence-electron chi connectivity index (χ4n) is 2.12. The van der Waals surface area contributed by atoms with Crippen molar-refractivity contribution >= 4 is 11.8 Å². The average Bonchev–Trinajstić information content (AvgIpc) is 2.61. The van der Waals surface area contributed by atoms with Crippen LogP contribution in [-0.4, -0.2) is 25.0 Å². The standard InChI is InChI=1S/C20H20N2O3/c1-2-25-18-11-7-16(8-12-18)14-19(23)22-13-3-4-15-5-9-17(10-6-15)20(21)24/h5-12H,2,13-14H2,1H3,(H2,21,24)(H,22,23).